The second-order valence-corrected chi connectivity index (χ2v) is 6.66. The normalized spacial score (nSPS) is 15.4. The summed E-state index contributed by atoms with van der Waals surface area (Å²) in [6.07, 6.45) is 3.86. The van der Waals surface area contributed by atoms with Crippen molar-refractivity contribution in [2.24, 2.45) is 0 Å². The first-order valence-electron chi connectivity index (χ1n) is 8.58. The lowest BCUT2D eigenvalue weighted by Gasteiger charge is -2.33. The molecule has 1 aromatic heterocycles. The lowest BCUT2D eigenvalue weighted by atomic mass is 10.0. The molecule has 0 atom stereocenters. The summed E-state index contributed by atoms with van der Waals surface area (Å²) in [6, 6.07) is 11.0. The highest BCUT2D eigenvalue weighted by Gasteiger charge is 2.20. The topological polar surface area (TPSA) is 45.2 Å². The minimum atomic E-state index is 0.0642. The summed E-state index contributed by atoms with van der Waals surface area (Å²) in [5, 5.41) is 3.02. The summed E-state index contributed by atoms with van der Waals surface area (Å²) < 4.78 is 0. The van der Waals surface area contributed by atoms with Gasteiger partial charge in [-0.05, 0) is 56.0 Å². The summed E-state index contributed by atoms with van der Waals surface area (Å²) in [5.41, 5.74) is 5.97. The third-order valence-electron chi connectivity index (χ3n) is 4.81. The van der Waals surface area contributed by atoms with Crippen LogP contribution in [0.2, 0.25) is 0 Å². The number of anilines is 1. The van der Waals surface area contributed by atoms with Gasteiger partial charge in [-0.3, -0.25) is 9.78 Å². The van der Waals surface area contributed by atoms with Gasteiger partial charge in [0.25, 0.3) is 0 Å². The zero-order valence-corrected chi connectivity index (χ0v) is 14.7. The predicted molar refractivity (Wildman–Crippen MR) is 98.2 cm³/mol. The smallest absolute Gasteiger partial charge is 0.217 e. The van der Waals surface area contributed by atoms with Crippen LogP contribution in [0.3, 0.4) is 0 Å². The second-order valence-electron chi connectivity index (χ2n) is 6.66. The maximum atomic E-state index is 11.2. The van der Waals surface area contributed by atoms with Crippen molar-refractivity contribution < 1.29 is 4.79 Å². The van der Waals surface area contributed by atoms with Crippen LogP contribution in [0.15, 0.2) is 36.5 Å². The Balaban J connectivity index is 1.74. The number of piperidine rings is 1. The molecule has 1 saturated heterocycles. The Bertz CT molecular complexity index is 733. The maximum Gasteiger partial charge on any atom is 0.217 e. The number of rotatable bonds is 3. The molecule has 0 spiro atoms. The van der Waals surface area contributed by atoms with Gasteiger partial charge in [-0.2, -0.15) is 0 Å². The number of amides is 1. The average molecular weight is 323 g/mol. The van der Waals surface area contributed by atoms with E-state index < -0.39 is 0 Å². The number of pyridine rings is 1. The number of hydrogen-bond acceptors (Lipinski definition) is 3. The Morgan fingerprint density at radius 3 is 2.54 bits per heavy atom. The van der Waals surface area contributed by atoms with Crippen LogP contribution in [0.1, 0.15) is 30.9 Å². The zero-order chi connectivity index (χ0) is 17.1. The highest BCUT2D eigenvalue weighted by molar-refractivity contribution is 5.73. The number of hydrogen-bond donors (Lipinski definition) is 1. The van der Waals surface area contributed by atoms with Gasteiger partial charge in [0, 0.05) is 43.5 Å². The number of carbonyl (C=O) groups excluding carboxylic acids is 1. The lowest BCUT2D eigenvalue weighted by molar-refractivity contribution is -0.119. The molecule has 126 valence electrons. The summed E-state index contributed by atoms with van der Waals surface area (Å²) in [7, 11) is 0. The molecular formula is C20H25N3O. The van der Waals surface area contributed by atoms with E-state index >= 15 is 0 Å². The standard InChI is InChI=1S/C20H25N3O/c1-14-4-5-17(12-15(14)2)20-13-19(6-9-21-20)23-10-7-18(8-11-23)22-16(3)24/h4-6,9,12-13,18H,7-8,10-11H2,1-3H3,(H,22,24). The van der Waals surface area contributed by atoms with Crippen LogP contribution in [0.25, 0.3) is 11.3 Å². The summed E-state index contributed by atoms with van der Waals surface area (Å²) in [4.78, 5) is 18.1. The molecule has 0 saturated carbocycles. The maximum absolute atomic E-state index is 11.2. The van der Waals surface area contributed by atoms with Gasteiger partial charge in [0.2, 0.25) is 5.91 Å². The third kappa shape index (κ3) is 3.75. The van der Waals surface area contributed by atoms with Gasteiger partial charge in [0.05, 0.1) is 5.69 Å². The number of aryl methyl sites for hydroxylation is 2. The van der Waals surface area contributed by atoms with E-state index in [0.717, 1.165) is 37.2 Å². The highest BCUT2D eigenvalue weighted by atomic mass is 16.1. The molecule has 0 radical (unpaired) electrons. The fraction of sp³-hybridized carbons (Fsp3) is 0.400. The van der Waals surface area contributed by atoms with Crippen LogP contribution in [0.5, 0.6) is 0 Å². The van der Waals surface area contributed by atoms with Gasteiger partial charge in [0.15, 0.2) is 0 Å². The average Bonchev–Trinajstić information content (AvgIpc) is 2.58. The van der Waals surface area contributed by atoms with E-state index in [0.29, 0.717) is 6.04 Å². The van der Waals surface area contributed by atoms with E-state index in [9.17, 15) is 4.79 Å². The first kappa shape index (κ1) is 16.5. The lowest BCUT2D eigenvalue weighted by Crippen LogP contribution is -2.44. The monoisotopic (exact) mass is 323 g/mol. The molecule has 0 unspecified atom stereocenters. The van der Waals surface area contributed by atoms with Crippen molar-refractivity contribution in [1.82, 2.24) is 10.3 Å². The van der Waals surface area contributed by atoms with E-state index in [4.69, 9.17) is 0 Å². The van der Waals surface area contributed by atoms with E-state index in [2.05, 4.69) is 59.4 Å². The minimum absolute atomic E-state index is 0.0642. The fourth-order valence-corrected chi connectivity index (χ4v) is 3.24. The molecule has 2 aromatic rings. The molecule has 0 bridgehead atoms. The molecule has 24 heavy (non-hydrogen) atoms. The van der Waals surface area contributed by atoms with E-state index in [1.54, 1.807) is 6.92 Å². The molecular weight excluding hydrogens is 298 g/mol. The van der Waals surface area contributed by atoms with Crippen LogP contribution in [-0.2, 0) is 4.79 Å². The van der Waals surface area contributed by atoms with E-state index in [1.807, 2.05) is 6.20 Å². The highest BCUT2D eigenvalue weighted by Crippen LogP contribution is 2.26. The molecule has 2 heterocycles. The Morgan fingerprint density at radius 2 is 1.88 bits per heavy atom. The molecule has 3 rings (SSSR count). The molecule has 4 nitrogen and oxygen atoms in total. The first-order chi connectivity index (χ1) is 11.5. The number of benzene rings is 1. The van der Waals surface area contributed by atoms with E-state index in [1.165, 1.54) is 16.8 Å². The Kier molecular flexibility index (Phi) is 4.84. The van der Waals surface area contributed by atoms with Crippen molar-refractivity contribution in [3.8, 4) is 11.3 Å². The fourth-order valence-electron chi connectivity index (χ4n) is 3.24. The quantitative estimate of drug-likeness (QED) is 0.941. The summed E-state index contributed by atoms with van der Waals surface area (Å²) in [6.45, 7) is 7.77. The van der Waals surface area contributed by atoms with Crippen molar-refractivity contribution in [2.45, 2.75) is 39.7 Å². The molecule has 1 aliphatic heterocycles. The Hall–Kier alpha value is -2.36. The number of aromatic nitrogens is 1. The zero-order valence-electron chi connectivity index (χ0n) is 14.7. The van der Waals surface area contributed by atoms with Crippen molar-refractivity contribution in [3.05, 3.63) is 47.7 Å². The molecule has 1 aliphatic rings. The Labute approximate surface area is 143 Å². The minimum Gasteiger partial charge on any atom is -0.371 e. The third-order valence-corrected chi connectivity index (χ3v) is 4.81. The van der Waals surface area contributed by atoms with Gasteiger partial charge in [-0.25, -0.2) is 0 Å². The van der Waals surface area contributed by atoms with Crippen LogP contribution < -0.4 is 10.2 Å². The predicted octanol–water partition coefficient (Wildman–Crippen LogP) is 3.47. The molecule has 1 fully saturated rings. The van der Waals surface area contributed by atoms with Crippen molar-refractivity contribution in [1.29, 1.82) is 0 Å². The molecule has 0 aliphatic carbocycles. The van der Waals surface area contributed by atoms with Gasteiger partial charge in [0.1, 0.15) is 0 Å². The number of nitrogens with one attached hydrogen (secondary N) is 1. The van der Waals surface area contributed by atoms with Gasteiger partial charge >= 0.3 is 0 Å². The number of nitrogens with zero attached hydrogens (tertiary/aromatic N) is 2. The largest absolute Gasteiger partial charge is 0.371 e. The summed E-state index contributed by atoms with van der Waals surface area (Å²) >= 11 is 0. The van der Waals surface area contributed by atoms with Crippen LogP contribution in [-0.4, -0.2) is 30.0 Å². The first-order valence-corrected chi connectivity index (χ1v) is 8.58. The van der Waals surface area contributed by atoms with E-state index in [-0.39, 0.29) is 5.91 Å². The molecule has 1 aromatic carbocycles. The number of carbonyl (C=O) groups is 1. The molecule has 1 N–H and O–H groups in total. The van der Waals surface area contributed by atoms with Crippen LogP contribution >= 0.6 is 0 Å². The van der Waals surface area contributed by atoms with Crippen molar-refractivity contribution >= 4 is 11.6 Å². The van der Waals surface area contributed by atoms with Gasteiger partial charge in [-0.1, -0.05) is 12.1 Å². The molecule has 1 amide bonds. The van der Waals surface area contributed by atoms with Crippen LogP contribution in [0, 0.1) is 13.8 Å². The Morgan fingerprint density at radius 1 is 1.12 bits per heavy atom. The van der Waals surface area contributed by atoms with Crippen molar-refractivity contribution in [3.63, 3.8) is 0 Å². The SMILES string of the molecule is CC(=O)NC1CCN(c2ccnc(-c3ccc(C)c(C)c3)c2)CC1. The van der Waals surface area contributed by atoms with Crippen molar-refractivity contribution in [2.75, 3.05) is 18.0 Å². The van der Waals surface area contributed by atoms with Gasteiger partial charge < -0.3 is 10.2 Å². The summed E-state index contributed by atoms with van der Waals surface area (Å²) in [5.74, 6) is 0.0642. The second kappa shape index (κ2) is 7.04. The molecule has 4 heteroatoms. The van der Waals surface area contributed by atoms with Crippen LogP contribution in [0.4, 0.5) is 5.69 Å². The van der Waals surface area contributed by atoms with Gasteiger partial charge in [-0.15, -0.1) is 0 Å².